The van der Waals surface area contributed by atoms with Gasteiger partial charge in [-0.15, -0.1) is 0 Å². The first-order valence-electron chi connectivity index (χ1n) is 5.61. The summed E-state index contributed by atoms with van der Waals surface area (Å²) in [5.41, 5.74) is 1.79. The smallest absolute Gasteiger partial charge is 0.257 e. The Kier molecular flexibility index (Phi) is 4.97. The SMILES string of the molecule is Cc1cc(Br)c(NC(=O)c2cccc(Cl)c2Cl)cc1Cl. The average Bonchev–Trinajstić information content (AvgIpc) is 2.39. The van der Waals surface area contributed by atoms with Crippen LogP contribution >= 0.6 is 50.7 Å². The Hall–Kier alpha value is -0.740. The summed E-state index contributed by atoms with van der Waals surface area (Å²) < 4.78 is 0.742. The van der Waals surface area contributed by atoms with Crippen LogP contribution < -0.4 is 5.32 Å². The first-order valence-corrected chi connectivity index (χ1v) is 7.54. The number of hydrogen-bond donors (Lipinski definition) is 1. The number of aryl methyl sites for hydroxylation is 1. The number of benzene rings is 2. The van der Waals surface area contributed by atoms with Gasteiger partial charge in [0.25, 0.3) is 5.91 Å². The molecule has 2 rings (SSSR count). The van der Waals surface area contributed by atoms with Crippen molar-refractivity contribution in [1.82, 2.24) is 0 Å². The van der Waals surface area contributed by atoms with Gasteiger partial charge < -0.3 is 5.32 Å². The van der Waals surface area contributed by atoms with Crippen LogP contribution in [0.2, 0.25) is 15.1 Å². The summed E-state index contributed by atoms with van der Waals surface area (Å²) in [5.74, 6) is -0.349. The summed E-state index contributed by atoms with van der Waals surface area (Å²) in [6.45, 7) is 1.88. The molecule has 0 saturated heterocycles. The van der Waals surface area contributed by atoms with Crippen molar-refractivity contribution < 1.29 is 4.79 Å². The van der Waals surface area contributed by atoms with Crippen LogP contribution in [0.3, 0.4) is 0 Å². The van der Waals surface area contributed by atoms with Gasteiger partial charge in [-0.3, -0.25) is 4.79 Å². The van der Waals surface area contributed by atoms with Crippen LogP contribution in [0.15, 0.2) is 34.8 Å². The Bertz CT molecular complexity index is 688. The van der Waals surface area contributed by atoms with Gasteiger partial charge in [0.05, 0.1) is 21.3 Å². The largest absolute Gasteiger partial charge is 0.321 e. The molecule has 0 aliphatic rings. The van der Waals surface area contributed by atoms with Gasteiger partial charge in [0.1, 0.15) is 0 Å². The molecule has 0 atom stereocenters. The summed E-state index contributed by atoms with van der Waals surface area (Å²) >= 11 is 21.4. The lowest BCUT2D eigenvalue weighted by atomic mass is 10.2. The van der Waals surface area contributed by atoms with Crippen LogP contribution in [0, 0.1) is 6.92 Å². The summed E-state index contributed by atoms with van der Waals surface area (Å²) in [5, 5.41) is 3.88. The molecule has 0 aliphatic carbocycles. The second-order valence-electron chi connectivity index (χ2n) is 4.14. The highest BCUT2D eigenvalue weighted by molar-refractivity contribution is 9.10. The second kappa shape index (κ2) is 6.35. The number of amides is 1. The maximum atomic E-state index is 12.2. The summed E-state index contributed by atoms with van der Waals surface area (Å²) in [4.78, 5) is 12.2. The highest BCUT2D eigenvalue weighted by atomic mass is 79.9. The lowest BCUT2D eigenvalue weighted by Crippen LogP contribution is -2.13. The Labute approximate surface area is 140 Å². The van der Waals surface area contributed by atoms with E-state index in [-0.39, 0.29) is 10.9 Å². The molecule has 1 amide bonds. The fourth-order valence-electron chi connectivity index (χ4n) is 1.61. The van der Waals surface area contributed by atoms with Crippen LogP contribution in [-0.4, -0.2) is 5.91 Å². The van der Waals surface area contributed by atoms with Gasteiger partial charge in [0.15, 0.2) is 0 Å². The minimum atomic E-state index is -0.349. The first kappa shape index (κ1) is 15.6. The Balaban J connectivity index is 2.33. The molecule has 0 aliphatic heterocycles. The number of rotatable bonds is 2. The van der Waals surface area contributed by atoms with E-state index < -0.39 is 0 Å². The van der Waals surface area contributed by atoms with Crippen molar-refractivity contribution in [3.8, 4) is 0 Å². The van der Waals surface area contributed by atoms with Gasteiger partial charge in [-0.25, -0.2) is 0 Å². The topological polar surface area (TPSA) is 29.1 Å². The third-order valence-electron chi connectivity index (χ3n) is 2.69. The van der Waals surface area contributed by atoms with E-state index in [2.05, 4.69) is 21.2 Å². The van der Waals surface area contributed by atoms with Crippen molar-refractivity contribution in [2.45, 2.75) is 6.92 Å². The first-order chi connectivity index (χ1) is 9.40. The third kappa shape index (κ3) is 3.29. The number of anilines is 1. The maximum Gasteiger partial charge on any atom is 0.257 e. The molecule has 0 aromatic heterocycles. The van der Waals surface area contributed by atoms with Gasteiger partial charge in [0, 0.05) is 9.50 Å². The molecule has 104 valence electrons. The predicted molar refractivity (Wildman–Crippen MR) is 88.3 cm³/mol. The molecule has 2 nitrogen and oxygen atoms in total. The summed E-state index contributed by atoms with van der Waals surface area (Å²) in [6.07, 6.45) is 0. The van der Waals surface area contributed by atoms with Crippen molar-refractivity contribution in [1.29, 1.82) is 0 Å². The van der Waals surface area contributed by atoms with Crippen LogP contribution in [0.1, 0.15) is 15.9 Å². The van der Waals surface area contributed by atoms with Crippen LogP contribution in [0.25, 0.3) is 0 Å². The molecule has 0 saturated carbocycles. The Morgan fingerprint density at radius 3 is 2.55 bits per heavy atom. The Morgan fingerprint density at radius 1 is 1.15 bits per heavy atom. The third-order valence-corrected chi connectivity index (χ3v) is 4.57. The van der Waals surface area contributed by atoms with E-state index in [0.29, 0.717) is 21.3 Å². The molecule has 2 aromatic carbocycles. The zero-order chi connectivity index (χ0) is 14.9. The number of hydrogen-bond acceptors (Lipinski definition) is 1. The van der Waals surface area contributed by atoms with E-state index in [1.165, 1.54) is 0 Å². The number of nitrogens with one attached hydrogen (secondary N) is 1. The van der Waals surface area contributed by atoms with Crippen molar-refractivity contribution in [2.75, 3.05) is 5.32 Å². The van der Waals surface area contributed by atoms with Crippen LogP contribution in [0.4, 0.5) is 5.69 Å². The van der Waals surface area contributed by atoms with Gasteiger partial charge in [-0.05, 0) is 52.7 Å². The predicted octanol–water partition coefficient (Wildman–Crippen LogP) is 5.97. The molecule has 6 heteroatoms. The number of halogens is 4. The van der Waals surface area contributed by atoms with Gasteiger partial charge >= 0.3 is 0 Å². The summed E-state index contributed by atoms with van der Waals surface area (Å²) in [6, 6.07) is 8.40. The molecule has 0 spiro atoms. The Morgan fingerprint density at radius 2 is 1.85 bits per heavy atom. The maximum absolute atomic E-state index is 12.2. The molecule has 0 bridgehead atoms. The van der Waals surface area contributed by atoms with E-state index in [9.17, 15) is 4.79 Å². The van der Waals surface area contributed by atoms with Crippen molar-refractivity contribution in [3.05, 3.63) is 61.0 Å². The van der Waals surface area contributed by atoms with Crippen LogP contribution in [0.5, 0.6) is 0 Å². The molecule has 0 heterocycles. The lowest BCUT2D eigenvalue weighted by Gasteiger charge is -2.11. The zero-order valence-electron chi connectivity index (χ0n) is 10.3. The highest BCUT2D eigenvalue weighted by Gasteiger charge is 2.14. The number of carbonyl (C=O) groups is 1. The number of carbonyl (C=O) groups excluding carboxylic acids is 1. The monoisotopic (exact) mass is 391 g/mol. The highest BCUT2D eigenvalue weighted by Crippen LogP contribution is 2.31. The zero-order valence-corrected chi connectivity index (χ0v) is 14.2. The molecule has 2 aromatic rings. The fourth-order valence-corrected chi connectivity index (χ4v) is 2.72. The van der Waals surface area contributed by atoms with Crippen molar-refractivity contribution in [3.63, 3.8) is 0 Å². The average molecular weight is 393 g/mol. The minimum absolute atomic E-state index is 0.223. The van der Waals surface area contributed by atoms with E-state index in [0.717, 1.165) is 10.0 Å². The molecule has 20 heavy (non-hydrogen) atoms. The van der Waals surface area contributed by atoms with Gasteiger partial charge in [0.2, 0.25) is 0 Å². The van der Waals surface area contributed by atoms with Gasteiger partial charge in [-0.1, -0.05) is 40.9 Å². The van der Waals surface area contributed by atoms with Crippen LogP contribution in [-0.2, 0) is 0 Å². The minimum Gasteiger partial charge on any atom is -0.321 e. The molecular weight excluding hydrogens is 384 g/mol. The molecular formula is C14H9BrCl3NO. The van der Waals surface area contributed by atoms with E-state index in [1.807, 2.05) is 13.0 Å². The van der Waals surface area contributed by atoms with Crippen molar-refractivity contribution >= 4 is 62.3 Å². The fraction of sp³-hybridized carbons (Fsp3) is 0.0714. The van der Waals surface area contributed by atoms with E-state index in [1.54, 1.807) is 24.3 Å². The standard InChI is InChI=1S/C14H9BrCl3NO/c1-7-5-9(15)12(6-11(7)17)19-14(20)8-3-2-4-10(16)13(8)18/h2-6H,1H3,(H,19,20). The van der Waals surface area contributed by atoms with Crippen molar-refractivity contribution in [2.24, 2.45) is 0 Å². The molecule has 0 unspecified atom stereocenters. The van der Waals surface area contributed by atoms with Gasteiger partial charge in [-0.2, -0.15) is 0 Å². The lowest BCUT2D eigenvalue weighted by molar-refractivity contribution is 0.102. The van der Waals surface area contributed by atoms with E-state index in [4.69, 9.17) is 34.8 Å². The van der Waals surface area contributed by atoms with E-state index >= 15 is 0 Å². The quantitative estimate of drug-likeness (QED) is 0.669. The normalized spacial score (nSPS) is 10.4. The summed E-state index contributed by atoms with van der Waals surface area (Å²) in [7, 11) is 0. The second-order valence-corrected chi connectivity index (χ2v) is 6.18. The molecule has 0 fully saturated rings. The molecule has 0 radical (unpaired) electrons. The molecule has 1 N–H and O–H groups in total.